The Balaban J connectivity index is 1.91. The van der Waals surface area contributed by atoms with Crippen molar-refractivity contribution in [3.05, 3.63) is 16.6 Å². The monoisotopic (exact) mass is 284 g/mol. The van der Waals surface area contributed by atoms with Crippen LogP contribution >= 0.6 is 24.0 Å². The van der Waals surface area contributed by atoms with Crippen LogP contribution in [0.25, 0.3) is 0 Å². The summed E-state index contributed by atoms with van der Waals surface area (Å²) < 4.78 is 0. The zero-order valence-electron chi connectivity index (χ0n) is 11.3. The fourth-order valence-corrected chi connectivity index (χ4v) is 4.03. The van der Waals surface area contributed by atoms with Gasteiger partial charge in [0, 0.05) is 18.5 Å². The molecule has 1 fully saturated rings. The molecule has 0 amide bonds. The maximum absolute atomic E-state index is 4.65. The van der Waals surface area contributed by atoms with E-state index in [0.717, 1.165) is 18.8 Å². The quantitative estimate of drug-likeness (QED) is 0.653. The van der Waals surface area contributed by atoms with Gasteiger partial charge >= 0.3 is 0 Å². The molecule has 0 bridgehead atoms. The predicted molar refractivity (Wildman–Crippen MR) is 82.4 cm³/mol. The summed E-state index contributed by atoms with van der Waals surface area (Å²) in [5.41, 5.74) is 3.55. The fraction of sp³-hybridized carbons (Fsp3) is 0.786. The van der Waals surface area contributed by atoms with Crippen LogP contribution in [0.3, 0.4) is 0 Å². The topological polar surface area (TPSA) is 16.1 Å². The van der Waals surface area contributed by atoms with E-state index in [4.69, 9.17) is 0 Å². The maximum atomic E-state index is 4.65. The molecule has 0 atom stereocenters. The van der Waals surface area contributed by atoms with Gasteiger partial charge in [-0.1, -0.05) is 25.7 Å². The minimum absolute atomic E-state index is 0.435. The van der Waals surface area contributed by atoms with Gasteiger partial charge in [0.2, 0.25) is 0 Å². The molecule has 1 heterocycles. The van der Waals surface area contributed by atoms with Crippen LogP contribution in [0.2, 0.25) is 0 Å². The summed E-state index contributed by atoms with van der Waals surface area (Å²) in [5, 5.41) is 2.15. The first-order valence-corrected chi connectivity index (χ1v) is 8.48. The lowest BCUT2D eigenvalue weighted by Gasteiger charge is -2.35. The van der Waals surface area contributed by atoms with Crippen molar-refractivity contribution in [2.45, 2.75) is 45.1 Å². The highest BCUT2D eigenvalue weighted by molar-refractivity contribution is 7.80. The summed E-state index contributed by atoms with van der Waals surface area (Å²) in [7, 11) is 2.22. The third-order valence-corrected chi connectivity index (χ3v) is 5.33. The largest absolute Gasteiger partial charge is 0.300 e. The van der Waals surface area contributed by atoms with E-state index in [-0.39, 0.29) is 0 Å². The van der Waals surface area contributed by atoms with E-state index in [9.17, 15) is 0 Å². The number of hydrogen-bond acceptors (Lipinski definition) is 4. The first-order valence-electron chi connectivity index (χ1n) is 6.91. The van der Waals surface area contributed by atoms with Crippen molar-refractivity contribution in [3.63, 3.8) is 0 Å². The molecule has 4 heteroatoms. The molecule has 0 aliphatic heterocycles. The summed E-state index contributed by atoms with van der Waals surface area (Å²) in [6.07, 6.45) is 8.27. The third-order valence-electron chi connectivity index (χ3n) is 4.02. The molecule has 0 radical (unpaired) electrons. The molecule has 1 aromatic heterocycles. The molecule has 1 aliphatic carbocycles. The predicted octanol–water partition coefficient (Wildman–Crippen LogP) is 3.85. The molecule has 0 spiro atoms. The van der Waals surface area contributed by atoms with Crippen molar-refractivity contribution >= 4 is 24.0 Å². The van der Waals surface area contributed by atoms with Crippen LogP contribution in [0.1, 0.15) is 44.2 Å². The van der Waals surface area contributed by atoms with Crippen molar-refractivity contribution in [3.8, 4) is 0 Å². The average molecular weight is 284 g/mol. The van der Waals surface area contributed by atoms with E-state index in [0.29, 0.717) is 5.41 Å². The van der Waals surface area contributed by atoms with E-state index < -0.39 is 0 Å². The summed E-state index contributed by atoms with van der Waals surface area (Å²) in [6, 6.07) is 0. The Labute approximate surface area is 120 Å². The summed E-state index contributed by atoms with van der Waals surface area (Å²) in [4.78, 5) is 6.80. The van der Waals surface area contributed by atoms with Gasteiger partial charge < -0.3 is 0 Å². The second-order valence-corrected chi connectivity index (χ2v) is 6.76. The Hall–Kier alpha value is -0.0600. The van der Waals surface area contributed by atoms with Crippen LogP contribution in [-0.4, -0.2) is 29.2 Å². The van der Waals surface area contributed by atoms with E-state index in [2.05, 4.69) is 34.9 Å². The number of aromatic nitrogens is 1. The van der Waals surface area contributed by atoms with Gasteiger partial charge in [0.15, 0.2) is 0 Å². The molecule has 0 unspecified atom stereocenters. The average Bonchev–Trinajstić information content (AvgIpc) is 2.74. The Morgan fingerprint density at radius 3 is 2.61 bits per heavy atom. The maximum Gasteiger partial charge on any atom is 0.0795 e. The van der Waals surface area contributed by atoms with Gasteiger partial charge in [-0.05, 0) is 31.1 Å². The Morgan fingerprint density at radius 2 is 2.06 bits per heavy atom. The molecule has 0 aromatic carbocycles. The number of rotatable bonds is 5. The van der Waals surface area contributed by atoms with Crippen LogP contribution in [0.5, 0.6) is 0 Å². The van der Waals surface area contributed by atoms with Crippen LogP contribution in [0.4, 0.5) is 0 Å². The molecular formula is C14H24N2S2. The first kappa shape index (κ1) is 14.4. The van der Waals surface area contributed by atoms with Crippen molar-refractivity contribution in [1.82, 2.24) is 9.88 Å². The lowest BCUT2D eigenvalue weighted by molar-refractivity contribution is 0.169. The van der Waals surface area contributed by atoms with Crippen molar-refractivity contribution in [2.24, 2.45) is 5.41 Å². The van der Waals surface area contributed by atoms with Gasteiger partial charge in [-0.3, -0.25) is 4.90 Å². The van der Waals surface area contributed by atoms with Gasteiger partial charge in [0.1, 0.15) is 0 Å². The molecule has 1 saturated carbocycles. The number of thiazole rings is 1. The molecule has 2 nitrogen and oxygen atoms in total. The van der Waals surface area contributed by atoms with Crippen LogP contribution in [0.15, 0.2) is 10.9 Å². The van der Waals surface area contributed by atoms with Gasteiger partial charge in [0.05, 0.1) is 11.2 Å². The molecular weight excluding hydrogens is 260 g/mol. The first-order chi connectivity index (χ1) is 8.74. The second-order valence-electron chi connectivity index (χ2n) is 5.72. The highest BCUT2D eigenvalue weighted by Crippen LogP contribution is 2.36. The van der Waals surface area contributed by atoms with E-state index in [1.165, 1.54) is 44.2 Å². The second kappa shape index (κ2) is 6.92. The summed E-state index contributed by atoms with van der Waals surface area (Å²) in [5.74, 6) is 1.02. The van der Waals surface area contributed by atoms with Crippen molar-refractivity contribution < 1.29 is 0 Å². The third kappa shape index (κ3) is 3.97. The zero-order valence-corrected chi connectivity index (χ0v) is 13.0. The molecule has 0 saturated heterocycles. The SMILES string of the molecule is CN(Cc1cscn1)CC1(CS)CCCCCC1. The molecule has 0 N–H and O–H groups in total. The lowest BCUT2D eigenvalue weighted by Crippen LogP contribution is -2.36. The van der Waals surface area contributed by atoms with E-state index in [1.54, 1.807) is 11.3 Å². The van der Waals surface area contributed by atoms with E-state index in [1.807, 2.05) is 5.51 Å². The lowest BCUT2D eigenvalue weighted by atomic mass is 9.82. The molecule has 1 aromatic rings. The Bertz CT molecular complexity index is 330. The minimum Gasteiger partial charge on any atom is -0.300 e. The number of hydrogen-bond donors (Lipinski definition) is 1. The van der Waals surface area contributed by atoms with Gasteiger partial charge in [0.25, 0.3) is 0 Å². The van der Waals surface area contributed by atoms with Crippen LogP contribution in [0, 0.1) is 5.41 Å². The Kier molecular flexibility index (Phi) is 5.52. The standard InChI is InChI=1S/C14H24N2S2/c1-16(8-13-9-18-12-15-13)10-14(11-17)6-4-2-3-5-7-14/h9,12,17H,2-8,10-11H2,1H3. The summed E-state index contributed by atoms with van der Waals surface area (Å²) in [6.45, 7) is 2.13. The number of thiol groups is 1. The smallest absolute Gasteiger partial charge is 0.0795 e. The normalized spacial score (nSPS) is 19.9. The molecule has 102 valence electrons. The minimum atomic E-state index is 0.435. The molecule has 1 aliphatic rings. The highest BCUT2D eigenvalue weighted by Gasteiger charge is 2.30. The van der Waals surface area contributed by atoms with Crippen LogP contribution in [-0.2, 0) is 6.54 Å². The van der Waals surface area contributed by atoms with Gasteiger partial charge in [-0.25, -0.2) is 4.98 Å². The van der Waals surface area contributed by atoms with Gasteiger partial charge in [-0.15, -0.1) is 11.3 Å². The molecule has 18 heavy (non-hydrogen) atoms. The molecule has 2 rings (SSSR count). The Morgan fingerprint density at radius 1 is 1.33 bits per heavy atom. The van der Waals surface area contributed by atoms with E-state index >= 15 is 0 Å². The highest BCUT2D eigenvalue weighted by atomic mass is 32.1. The van der Waals surface area contributed by atoms with Gasteiger partial charge in [-0.2, -0.15) is 12.6 Å². The zero-order chi connectivity index (χ0) is 12.8. The number of nitrogens with zero attached hydrogens (tertiary/aromatic N) is 2. The van der Waals surface area contributed by atoms with Crippen molar-refractivity contribution in [2.75, 3.05) is 19.3 Å². The van der Waals surface area contributed by atoms with Crippen LogP contribution < -0.4 is 0 Å². The fourth-order valence-electron chi connectivity index (χ4n) is 3.07. The summed E-state index contributed by atoms with van der Waals surface area (Å²) >= 11 is 6.33. The van der Waals surface area contributed by atoms with Crippen molar-refractivity contribution in [1.29, 1.82) is 0 Å².